The molecule has 3 rings (SSSR count). The highest BCUT2D eigenvalue weighted by Crippen LogP contribution is 2.31. The maximum atomic E-state index is 5.40. The van der Waals surface area contributed by atoms with Crippen molar-refractivity contribution in [2.75, 3.05) is 13.1 Å². The molecule has 27 heavy (non-hydrogen) atoms. The van der Waals surface area contributed by atoms with Gasteiger partial charge in [0.2, 0.25) is 0 Å². The summed E-state index contributed by atoms with van der Waals surface area (Å²) in [5.74, 6) is 1.07. The SMILES string of the molecule is CC.CC.CC.CC.CC.CC1(c2ccccc2)NC(=S)N2CCCN=C21. The Hall–Kier alpha value is -1.42. The molecule has 1 fully saturated rings. The molecule has 1 N–H and O–H groups in total. The maximum Gasteiger partial charge on any atom is 0.175 e. The van der Waals surface area contributed by atoms with Crippen molar-refractivity contribution < 1.29 is 0 Å². The summed E-state index contributed by atoms with van der Waals surface area (Å²) in [5, 5.41) is 4.22. The highest BCUT2D eigenvalue weighted by molar-refractivity contribution is 7.80. The third-order valence-corrected chi connectivity index (χ3v) is 3.78. The molecule has 0 bridgehead atoms. The van der Waals surface area contributed by atoms with E-state index in [2.05, 4.69) is 46.4 Å². The van der Waals surface area contributed by atoms with Crippen LogP contribution in [0.3, 0.4) is 0 Å². The van der Waals surface area contributed by atoms with Crippen LogP contribution in [0.25, 0.3) is 0 Å². The van der Waals surface area contributed by atoms with Crippen LogP contribution in [0.5, 0.6) is 0 Å². The van der Waals surface area contributed by atoms with E-state index in [1.165, 1.54) is 5.56 Å². The van der Waals surface area contributed by atoms with E-state index in [0.29, 0.717) is 0 Å². The third-order valence-electron chi connectivity index (χ3n) is 3.46. The van der Waals surface area contributed by atoms with E-state index in [-0.39, 0.29) is 5.54 Å². The predicted molar refractivity (Wildman–Crippen MR) is 130 cm³/mol. The van der Waals surface area contributed by atoms with E-state index in [4.69, 9.17) is 12.2 Å². The number of thiocarbonyl (C=S) groups is 1. The number of benzene rings is 1. The summed E-state index contributed by atoms with van der Waals surface area (Å²) >= 11 is 5.40. The van der Waals surface area contributed by atoms with E-state index in [0.717, 1.165) is 30.5 Å². The topological polar surface area (TPSA) is 27.6 Å². The normalized spacial score (nSPS) is 18.4. The molecule has 2 aliphatic heterocycles. The summed E-state index contributed by atoms with van der Waals surface area (Å²) in [6.07, 6.45) is 1.08. The molecule has 1 unspecified atom stereocenters. The fraction of sp³-hybridized carbons (Fsp3) is 0.652. The Bertz CT molecular complexity index is 486. The number of hydrogen-bond acceptors (Lipinski definition) is 2. The average Bonchev–Trinajstić information content (AvgIpc) is 3.07. The molecule has 1 saturated heterocycles. The molecule has 0 spiro atoms. The smallest absolute Gasteiger partial charge is 0.175 e. The molecule has 0 aliphatic carbocycles. The summed E-state index contributed by atoms with van der Waals surface area (Å²) in [4.78, 5) is 6.79. The minimum atomic E-state index is -0.265. The summed E-state index contributed by atoms with van der Waals surface area (Å²) in [5.41, 5.74) is 0.948. The molecule has 2 heterocycles. The van der Waals surface area contributed by atoms with Crippen LogP contribution < -0.4 is 5.32 Å². The zero-order valence-electron chi connectivity index (χ0n) is 19.8. The number of rotatable bonds is 1. The highest BCUT2D eigenvalue weighted by Gasteiger charge is 2.45. The molecule has 1 aromatic rings. The van der Waals surface area contributed by atoms with Crippen LogP contribution >= 0.6 is 12.2 Å². The molecular weight excluding hydrogens is 350 g/mol. The first kappa shape index (κ1) is 30.3. The lowest BCUT2D eigenvalue weighted by Crippen LogP contribution is -2.42. The number of nitrogens with one attached hydrogen (secondary N) is 1. The number of aliphatic imine (C=N–C) groups is 1. The third kappa shape index (κ3) is 8.42. The fourth-order valence-electron chi connectivity index (χ4n) is 2.54. The van der Waals surface area contributed by atoms with Crippen LogP contribution in [0.2, 0.25) is 0 Å². The Labute approximate surface area is 175 Å². The van der Waals surface area contributed by atoms with Crippen LogP contribution in [0, 0.1) is 0 Å². The van der Waals surface area contributed by atoms with Gasteiger partial charge in [-0.05, 0) is 31.1 Å². The summed E-state index contributed by atoms with van der Waals surface area (Å²) < 4.78 is 0. The first-order valence-electron chi connectivity index (χ1n) is 10.9. The second kappa shape index (κ2) is 19.3. The molecule has 1 atom stereocenters. The summed E-state index contributed by atoms with van der Waals surface area (Å²) in [6, 6.07) is 10.4. The van der Waals surface area contributed by atoms with Crippen molar-refractivity contribution in [2.45, 2.75) is 88.1 Å². The van der Waals surface area contributed by atoms with E-state index in [1.54, 1.807) is 0 Å². The fourth-order valence-corrected chi connectivity index (χ4v) is 2.92. The van der Waals surface area contributed by atoms with Gasteiger partial charge < -0.3 is 10.2 Å². The first-order chi connectivity index (χ1) is 13.2. The van der Waals surface area contributed by atoms with Crippen LogP contribution in [0.4, 0.5) is 0 Å². The Kier molecular flexibility index (Phi) is 21.7. The molecule has 0 amide bonds. The van der Waals surface area contributed by atoms with Crippen molar-refractivity contribution >= 4 is 23.2 Å². The molecule has 0 saturated carbocycles. The van der Waals surface area contributed by atoms with E-state index in [9.17, 15) is 0 Å². The molecular formula is C23H45N3S. The van der Waals surface area contributed by atoms with Gasteiger partial charge in [-0.2, -0.15) is 0 Å². The van der Waals surface area contributed by atoms with Crippen molar-refractivity contribution in [3.63, 3.8) is 0 Å². The summed E-state index contributed by atoms with van der Waals surface area (Å²) in [6.45, 7) is 24.0. The van der Waals surface area contributed by atoms with Crippen molar-refractivity contribution in [3.05, 3.63) is 35.9 Å². The monoisotopic (exact) mass is 395 g/mol. The van der Waals surface area contributed by atoms with Gasteiger partial charge in [-0.25, -0.2) is 0 Å². The van der Waals surface area contributed by atoms with Gasteiger partial charge in [0.25, 0.3) is 0 Å². The lowest BCUT2D eigenvalue weighted by Gasteiger charge is -2.28. The van der Waals surface area contributed by atoms with Gasteiger partial charge in [0, 0.05) is 13.1 Å². The number of amidine groups is 1. The number of fused-ring (bicyclic) bond motifs is 1. The Morgan fingerprint density at radius 2 is 1.37 bits per heavy atom. The van der Waals surface area contributed by atoms with Gasteiger partial charge in [-0.3, -0.25) is 4.99 Å². The van der Waals surface area contributed by atoms with Gasteiger partial charge in [-0.15, -0.1) is 0 Å². The molecule has 1 aromatic carbocycles. The van der Waals surface area contributed by atoms with Gasteiger partial charge in [-0.1, -0.05) is 99.6 Å². The number of nitrogens with zero attached hydrogens (tertiary/aromatic N) is 2. The van der Waals surface area contributed by atoms with E-state index >= 15 is 0 Å². The Morgan fingerprint density at radius 1 is 0.889 bits per heavy atom. The lowest BCUT2D eigenvalue weighted by molar-refractivity contribution is 0.535. The molecule has 4 heteroatoms. The number of hydrogen-bond donors (Lipinski definition) is 1. The standard InChI is InChI=1S/C13H15N3S.5C2H6/c1-13(10-6-3-2-4-7-10)11-14-8-5-9-16(11)12(17)15-13;5*1-2/h2-4,6-7H,5,8-9H2,1H3,(H,15,17);5*1-2H3. The maximum absolute atomic E-state index is 5.40. The van der Waals surface area contributed by atoms with Gasteiger partial charge >= 0.3 is 0 Å². The van der Waals surface area contributed by atoms with Crippen LogP contribution in [0.1, 0.15) is 88.1 Å². The largest absolute Gasteiger partial charge is 0.346 e. The first-order valence-corrected chi connectivity index (χ1v) is 11.3. The molecule has 3 nitrogen and oxygen atoms in total. The van der Waals surface area contributed by atoms with Crippen molar-refractivity contribution in [3.8, 4) is 0 Å². The van der Waals surface area contributed by atoms with Crippen LogP contribution in [0.15, 0.2) is 35.3 Å². The minimum absolute atomic E-state index is 0.265. The zero-order chi connectivity index (χ0) is 21.9. The van der Waals surface area contributed by atoms with Crippen molar-refractivity contribution in [1.82, 2.24) is 10.2 Å². The van der Waals surface area contributed by atoms with E-state index in [1.807, 2.05) is 75.3 Å². The quantitative estimate of drug-likeness (QED) is 0.517. The van der Waals surface area contributed by atoms with E-state index < -0.39 is 0 Å². The van der Waals surface area contributed by atoms with Gasteiger partial charge in [0.15, 0.2) is 5.11 Å². The minimum Gasteiger partial charge on any atom is -0.346 e. The second-order valence-corrected chi connectivity index (χ2v) is 5.02. The molecule has 2 aliphatic rings. The van der Waals surface area contributed by atoms with Crippen LogP contribution in [-0.2, 0) is 5.54 Å². The Morgan fingerprint density at radius 3 is 1.85 bits per heavy atom. The highest BCUT2D eigenvalue weighted by atomic mass is 32.1. The molecule has 158 valence electrons. The molecule has 0 radical (unpaired) electrons. The van der Waals surface area contributed by atoms with Crippen molar-refractivity contribution in [2.24, 2.45) is 4.99 Å². The zero-order valence-corrected chi connectivity index (χ0v) is 20.6. The average molecular weight is 396 g/mol. The lowest BCUT2D eigenvalue weighted by atomic mass is 9.91. The summed E-state index contributed by atoms with van der Waals surface area (Å²) in [7, 11) is 0. The van der Waals surface area contributed by atoms with Gasteiger partial charge in [0.1, 0.15) is 11.4 Å². The predicted octanol–water partition coefficient (Wildman–Crippen LogP) is 7.03. The Balaban J connectivity index is -0.000000504. The second-order valence-electron chi connectivity index (χ2n) is 4.63. The van der Waals surface area contributed by atoms with Gasteiger partial charge in [0.05, 0.1) is 0 Å². The molecule has 0 aromatic heterocycles. The van der Waals surface area contributed by atoms with Crippen LogP contribution in [-0.4, -0.2) is 28.9 Å². The van der Waals surface area contributed by atoms with Crippen molar-refractivity contribution in [1.29, 1.82) is 0 Å².